The largest absolute Gasteiger partial charge is 0.380 e. The number of nitrogens with one attached hydrogen (secondary N) is 2. The number of rotatable bonds is 8. The van der Waals surface area contributed by atoms with Crippen molar-refractivity contribution in [1.29, 1.82) is 0 Å². The van der Waals surface area contributed by atoms with E-state index in [1.165, 1.54) is 0 Å². The van der Waals surface area contributed by atoms with E-state index in [4.69, 9.17) is 9.47 Å². The average Bonchev–Trinajstić information content (AvgIpc) is 2.34. The van der Waals surface area contributed by atoms with E-state index in [9.17, 15) is 4.79 Å². The number of hydrogen-bond donors (Lipinski definition) is 2. The van der Waals surface area contributed by atoms with E-state index >= 15 is 0 Å². The molecule has 5 nitrogen and oxygen atoms in total. The normalized spacial score (nSPS) is 20.1. The highest BCUT2D eigenvalue weighted by atomic mass is 16.5. The minimum absolute atomic E-state index is 0.0606. The fourth-order valence-electron chi connectivity index (χ4n) is 1.73. The summed E-state index contributed by atoms with van der Waals surface area (Å²) in [6, 6.07) is 0.153. The van der Waals surface area contributed by atoms with Crippen LogP contribution in [0.5, 0.6) is 0 Å². The summed E-state index contributed by atoms with van der Waals surface area (Å²) < 4.78 is 10.7. The third-order valence-corrected chi connectivity index (χ3v) is 2.84. The van der Waals surface area contributed by atoms with E-state index in [-0.39, 0.29) is 11.9 Å². The summed E-state index contributed by atoms with van der Waals surface area (Å²) in [6.07, 6.45) is 1.54. The molecule has 106 valence electrons. The number of carbonyl (C=O) groups excluding carboxylic acids is 1. The molecule has 0 bridgehead atoms. The highest BCUT2D eigenvalue weighted by Crippen LogP contribution is 1.99. The molecular formula is C13H26N2O3. The molecule has 1 atom stereocenters. The summed E-state index contributed by atoms with van der Waals surface area (Å²) in [5, 5.41) is 6.11. The van der Waals surface area contributed by atoms with E-state index in [1.54, 1.807) is 0 Å². The molecule has 0 spiro atoms. The lowest BCUT2D eigenvalue weighted by atomic mass is 10.1. The van der Waals surface area contributed by atoms with Crippen LogP contribution in [0.4, 0.5) is 0 Å². The maximum absolute atomic E-state index is 11.6. The molecular weight excluding hydrogens is 232 g/mol. The summed E-state index contributed by atoms with van der Waals surface area (Å²) in [5.74, 6) is 0.724. The monoisotopic (exact) mass is 258 g/mol. The molecule has 0 radical (unpaired) electrons. The molecule has 1 aliphatic heterocycles. The molecule has 1 aliphatic rings. The first-order valence-electron chi connectivity index (χ1n) is 6.84. The van der Waals surface area contributed by atoms with Crippen molar-refractivity contribution in [2.24, 2.45) is 5.92 Å². The van der Waals surface area contributed by atoms with Crippen LogP contribution in [-0.2, 0) is 14.3 Å². The van der Waals surface area contributed by atoms with Crippen LogP contribution in [-0.4, -0.2) is 51.5 Å². The van der Waals surface area contributed by atoms with Crippen LogP contribution < -0.4 is 10.6 Å². The Bertz CT molecular complexity index is 228. The molecule has 1 saturated heterocycles. The van der Waals surface area contributed by atoms with Crippen LogP contribution in [0.15, 0.2) is 0 Å². The SMILES string of the molecule is CC(C)CCOCCNC(=O)CC1COCCN1. The second-order valence-corrected chi connectivity index (χ2v) is 5.07. The third kappa shape index (κ3) is 7.63. The average molecular weight is 258 g/mol. The molecule has 1 rings (SSSR count). The van der Waals surface area contributed by atoms with Crippen molar-refractivity contribution >= 4 is 5.91 Å². The predicted molar refractivity (Wildman–Crippen MR) is 70.5 cm³/mol. The Balaban J connectivity index is 1.93. The van der Waals surface area contributed by atoms with Gasteiger partial charge in [-0.2, -0.15) is 0 Å². The van der Waals surface area contributed by atoms with E-state index in [2.05, 4.69) is 24.5 Å². The first-order chi connectivity index (χ1) is 8.68. The molecule has 1 heterocycles. The quantitative estimate of drug-likeness (QED) is 0.624. The minimum Gasteiger partial charge on any atom is -0.380 e. The summed E-state index contributed by atoms with van der Waals surface area (Å²) >= 11 is 0. The molecule has 0 aromatic carbocycles. The van der Waals surface area contributed by atoms with Crippen molar-refractivity contribution in [1.82, 2.24) is 10.6 Å². The smallest absolute Gasteiger partial charge is 0.221 e. The maximum Gasteiger partial charge on any atom is 0.221 e. The lowest BCUT2D eigenvalue weighted by Gasteiger charge is -2.23. The Morgan fingerprint density at radius 3 is 3.00 bits per heavy atom. The van der Waals surface area contributed by atoms with Gasteiger partial charge in [0.15, 0.2) is 0 Å². The summed E-state index contributed by atoms with van der Waals surface area (Å²) in [6.45, 7) is 8.48. The van der Waals surface area contributed by atoms with Gasteiger partial charge in [0.05, 0.1) is 19.8 Å². The number of carbonyl (C=O) groups is 1. The maximum atomic E-state index is 11.6. The first kappa shape index (κ1) is 15.4. The Kier molecular flexibility index (Phi) is 7.96. The van der Waals surface area contributed by atoms with Crippen LogP contribution in [0.25, 0.3) is 0 Å². The van der Waals surface area contributed by atoms with Gasteiger partial charge >= 0.3 is 0 Å². The topological polar surface area (TPSA) is 59.6 Å². The zero-order valence-corrected chi connectivity index (χ0v) is 11.5. The Labute approximate surface area is 110 Å². The Hall–Kier alpha value is -0.650. The van der Waals surface area contributed by atoms with Gasteiger partial charge in [-0.3, -0.25) is 4.79 Å². The zero-order valence-electron chi connectivity index (χ0n) is 11.5. The van der Waals surface area contributed by atoms with Crippen LogP contribution in [0.1, 0.15) is 26.7 Å². The molecule has 0 saturated carbocycles. The number of hydrogen-bond acceptors (Lipinski definition) is 4. The molecule has 0 aliphatic carbocycles. The van der Waals surface area contributed by atoms with Crippen molar-refractivity contribution < 1.29 is 14.3 Å². The lowest BCUT2D eigenvalue weighted by molar-refractivity contribution is -0.122. The van der Waals surface area contributed by atoms with Gasteiger partial charge in [-0.15, -0.1) is 0 Å². The first-order valence-corrected chi connectivity index (χ1v) is 6.84. The van der Waals surface area contributed by atoms with E-state index in [1.807, 2.05) is 0 Å². The molecule has 1 amide bonds. The number of ether oxygens (including phenoxy) is 2. The highest BCUT2D eigenvalue weighted by molar-refractivity contribution is 5.76. The minimum atomic E-state index is 0.0606. The molecule has 0 aromatic rings. The van der Waals surface area contributed by atoms with Gasteiger partial charge < -0.3 is 20.1 Å². The van der Waals surface area contributed by atoms with E-state index in [0.29, 0.717) is 32.1 Å². The van der Waals surface area contributed by atoms with Gasteiger partial charge in [0.2, 0.25) is 5.91 Å². The van der Waals surface area contributed by atoms with Crippen molar-refractivity contribution in [3.05, 3.63) is 0 Å². The lowest BCUT2D eigenvalue weighted by Crippen LogP contribution is -2.44. The van der Waals surface area contributed by atoms with Crippen LogP contribution in [0.3, 0.4) is 0 Å². The molecule has 18 heavy (non-hydrogen) atoms. The highest BCUT2D eigenvalue weighted by Gasteiger charge is 2.16. The van der Waals surface area contributed by atoms with Gasteiger partial charge in [-0.1, -0.05) is 13.8 Å². The van der Waals surface area contributed by atoms with Crippen molar-refractivity contribution in [3.8, 4) is 0 Å². The Morgan fingerprint density at radius 2 is 2.33 bits per heavy atom. The van der Waals surface area contributed by atoms with E-state index in [0.717, 1.165) is 26.2 Å². The molecule has 2 N–H and O–H groups in total. The zero-order chi connectivity index (χ0) is 13.2. The fraction of sp³-hybridized carbons (Fsp3) is 0.923. The predicted octanol–water partition coefficient (Wildman–Crippen LogP) is 0.544. The van der Waals surface area contributed by atoms with Gasteiger partial charge in [0.1, 0.15) is 0 Å². The van der Waals surface area contributed by atoms with Gasteiger partial charge in [-0.05, 0) is 12.3 Å². The summed E-state index contributed by atoms with van der Waals surface area (Å²) in [4.78, 5) is 11.6. The summed E-state index contributed by atoms with van der Waals surface area (Å²) in [5.41, 5.74) is 0. The van der Waals surface area contributed by atoms with Crippen LogP contribution in [0, 0.1) is 5.92 Å². The van der Waals surface area contributed by atoms with E-state index < -0.39 is 0 Å². The third-order valence-electron chi connectivity index (χ3n) is 2.84. The van der Waals surface area contributed by atoms with Crippen molar-refractivity contribution in [2.75, 3.05) is 39.5 Å². The molecule has 5 heteroatoms. The second-order valence-electron chi connectivity index (χ2n) is 5.07. The Morgan fingerprint density at radius 1 is 1.50 bits per heavy atom. The standard InChI is InChI=1S/C13H26N2O3/c1-11(2)3-6-17-7-5-15-13(16)9-12-10-18-8-4-14-12/h11-12,14H,3-10H2,1-2H3,(H,15,16). The summed E-state index contributed by atoms with van der Waals surface area (Å²) in [7, 11) is 0. The van der Waals surface area contributed by atoms with Crippen molar-refractivity contribution in [3.63, 3.8) is 0 Å². The van der Waals surface area contributed by atoms with Crippen molar-refractivity contribution in [2.45, 2.75) is 32.7 Å². The van der Waals surface area contributed by atoms with Gasteiger partial charge in [0, 0.05) is 32.2 Å². The molecule has 1 unspecified atom stereocenters. The second kappa shape index (κ2) is 9.30. The fourth-order valence-corrected chi connectivity index (χ4v) is 1.73. The molecule has 0 aromatic heterocycles. The van der Waals surface area contributed by atoms with Gasteiger partial charge in [-0.25, -0.2) is 0 Å². The van der Waals surface area contributed by atoms with Gasteiger partial charge in [0.25, 0.3) is 0 Å². The van der Waals surface area contributed by atoms with Crippen LogP contribution in [0.2, 0.25) is 0 Å². The van der Waals surface area contributed by atoms with Crippen LogP contribution >= 0.6 is 0 Å². The molecule has 1 fully saturated rings. The number of amides is 1. The number of morpholine rings is 1.